The summed E-state index contributed by atoms with van der Waals surface area (Å²) in [6.07, 6.45) is 2.00. The van der Waals surface area contributed by atoms with Crippen LogP contribution in [0.15, 0.2) is 55.1 Å². The Morgan fingerprint density at radius 2 is 1.94 bits per heavy atom. The Hall–Kier alpha value is -3.00. The first kappa shape index (κ1) is 22.7. The molecule has 166 valence electrons. The summed E-state index contributed by atoms with van der Waals surface area (Å²) in [5.74, 6) is 1.07. The SMILES string of the molecule is C=CCN1C(=O)C(C)(C)COc2ccc(NS(=O)(=O)CCc3ccc(OC)cc3)cc21. The van der Waals surface area contributed by atoms with Gasteiger partial charge >= 0.3 is 0 Å². The second kappa shape index (κ2) is 9.01. The molecule has 0 unspecified atom stereocenters. The minimum atomic E-state index is -3.60. The number of nitrogens with zero attached hydrogens (tertiary/aromatic N) is 1. The van der Waals surface area contributed by atoms with E-state index >= 15 is 0 Å². The molecule has 0 saturated heterocycles. The predicted octanol–water partition coefficient (Wildman–Crippen LogP) is 3.62. The molecular formula is C23H28N2O5S. The number of nitrogens with one attached hydrogen (secondary N) is 1. The molecule has 8 heteroatoms. The molecule has 0 radical (unpaired) electrons. The molecule has 0 aliphatic carbocycles. The molecule has 0 saturated carbocycles. The third kappa shape index (κ3) is 5.38. The maximum atomic E-state index is 13.0. The first-order chi connectivity index (χ1) is 14.6. The van der Waals surface area contributed by atoms with Crippen molar-refractivity contribution in [1.29, 1.82) is 0 Å². The van der Waals surface area contributed by atoms with Gasteiger partial charge < -0.3 is 14.4 Å². The monoisotopic (exact) mass is 444 g/mol. The molecule has 2 aromatic rings. The number of carbonyl (C=O) groups is 1. The van der Waals surface area contributed by atoms with E-state index in [4.69, 9.17) is 9.47 Å². The molecule has 2 aromatic carbocycles. The Morgan fingerprint density at radius 1 is 1.23 bits per heavy atom. The van der Waals surface area contributed by atoms with Crippen LogP contribution in [0.1, 0.15) is 19.4 Å². The molecule has 1 amide bonds. The van der Waals surface area contributed by atoms with Crippen LogP contribution in [0, 0.1) is 5.41 Å². The summed E-state index contributed by atoms with van der Waals surface area (Å²) in [5.41, 5.74) is 1.08. The predicted molar refractivity (Wildman–Crippen MR) is 122 cm³/mol. The Labute approximate surface area is 183 Å². The van der Waals surface area contributed by atoms with Crippen molar-refractivity contribution in [2.75, 3.05) is 35.6 Å². The number of fused-ring (bicyclic) bond motifs is 1. The number of hydrogen-bond acceptors (Lipinski definition) is 5. The second-order valence-corrected chi connectivity index (χ2v) is 9.92. The Morgan fingerprint density at radius 3 is 2.58 bits per heavy atom. The molecule has 1 aliphatic rings. The van der Waals surface area contributed by atoms with E-state index in [9.17, 15) is 13.2 Å². The number of benzene rings is 2. The molecular weight excluding hydrogens is 416 g/mol. The standard InChI is InChI=1S/C23H28N2O5S/c1-5-13-25-20-15-18(8-11-21(20)30-16-23(2,3)22(25)26)24-31(27,28)14-12-17-6-9-19(29-4)10-7-17/h5-11,15,24H,1,12-14,16H2,2-4H3. The lowest BCUT2D eigenvalue weighted by Crippen LogP contribution is -2.42. The van der Waals surface area contributed by atoms with E-state index in [0.717, 1.165) is 11.3 Å². The molecule has 0 spiro atoms. The lowest BCUT2D eigenvalue weighted by molar-refractivity contribution is -0.127. The zero-order valence-corrected chi connectivity index (χ0v) is 18.9. The summed E-state index contributed by atoms with van der Waals surface area (Å²) >= 11 is 0. The number of hydrogen-bond donors (Lipinski definition) is 1. The molecule has 0 aromatic heterocycles. The van der Waals surface area contributed by atoms with Gasteiger partial charge in [-0.2, -0.15) is 0 Å². The number of aryl methyl sites for hydroxylation is 1. The normalized spacial score (nSPS) is 15.5. The average molecular weight is 445 g/mol. The van der Waals surface area contributed by atoms with Crippen LogP contribution in [0.25, 0.3) is 0 Å². The van der Waals surface area contributed by atoms with Gasteiger partial charge in [-0.25, -0.2) is 8.42 Å². The molecule has 0 fully saturated rings. The van der Waals surface area contributed by atoms with Gasteiger partial charge in [-0.3, -0.25) is 9.52 Å². The quantitative estimate of drug-likeness (QED) is 0.629. The molecule has 0 atom stereocenters. The topological polar surface area (TPSA) is 84.9 Å². The summed E-state index contributed by atoms with van der Waals surface area (Å²) in [7, 11) is -2.01. The average Bonchev–Trinajstić information content (AvgIpc) is 2.83. The van der Waals surface area contributed by atoms with Crippen molar-refractivity contribution >= 4 is 27.3 Å². The summed E-state index contributed by atoms with van der Waals surface area (Å²) in [4.78, 5) is 14.5. The van der Waals surface area contributed by atoms with Crippen molar-refractivity contribution in [2.24, 2.45) is 5.41 Å². The highest BCUT2D eigenvalue weighted by molar-refractivity contribution is 7.92. The summed E-state index contributed by atoms with van der Waals surface area (Å²) < 4.78 is 38.8. The molecule has 1 heterocycles. The zero-order chi connectivity index (χ0) is 22.6. The van der Waals surface area contributed by atoms with Crippen LogP contribution in [-0.4, -0.2) is 40.3 Å². The van der Waals surface area contributed by atoms with E-state index in [1.807, 2.05) is 26.0 Å². The van der Waals surface area contributed by atoms with Crippen molar-refractivity contribution < 1.29 is 22.7 Å². The third-order valence-electron chi connectivity index (χ3n) is 5.07. The van der Waals surface area contributed by atoms with E-state index in [2.05, 4.69) is 11.3 Å². The molecule has 1 aliphatic heterocycles. The van der Waals surface area contributed by atoms with E-state index in [1.54, 1.807) is 48.4 Å². The van der Waals surface area contributed by atoms with Gasteiger partial charge in [0.15, 0.2) is 0 Å². The minimum Gasteiger partial charge on any atom is -0.497 e. The van der Waals surface area contributed by atoms with Crippen molar-refractivity contribution in [3.63, 3.8) is 0 Å². The van der Waals surface area contributed by atoms with Gasteiger partial charge in [0.05, 0.1) is 29.7 Å². The van der Waals surface area contributed by atoms with E-state index < -0.39 is 15.4 Å². The highest BCUT2D eigenvalue weighted by atomic mass is 32.2. The Balaban J connectivity index is 1.78. The van der Waals surface area contributed by atoms with Crippen LogP contribution in [0.4, 0.5) is 11.4 Å². The van der Waals surface area contributed by atoms with Crippen LogP contribution < -0.4 is 19.1 Å². The number of ether oxygens (including phenoxy) is 2. The van der Waals surface area contributed by atoms with Crippen molar-refractivity contribution in [3.05, 3.63) is 60.7 Å². The maximum Gasteiger partial charge on any atom is 0.236 e. The first-order valence-corrected chi connectivity index (χ1v) is 11.6. The summed E-state index contributed by atoms with van der Waals surface area (Å²) in [6, 6.07) is 12.2. The Bertz CT molecular complexity index is 1060. The molecule has 1 N–H and O–H groups in total. The van der Waals surface area contributed by atoms with Gasteiger partial charge in [0.1, 0.15) is 18.1 Å². The lowest BCUT2D eigenvalue weighted by Gasteiger charge is -2.27. The van der Waals surface area contributed by atoms with Crippen LogP contribution in [0.3, 0.4) is 0 Å². The fourth-order valence-electron chi connectivity index (χ4n) is 3.29. The smallest absolute Gasteiger partial charge is 0.236 e. The third-order valence-corrected chi connectivity index (χ3v) is 6.35. The maximum absolute atomic E-state index is 13.0. The molecule has 31 heavy (non-hydrogen) atoms. The number of amides is 1. The van der Waals surface area contributed by atoms with Gasteiger partial charge in [0.2, 0.25) is 15.9 Å². The van der Waals surface area contributed by atoms with Crippen LogP contribution in [0.5, 0.6) is 11.5 Å². The van der Waals surface area contributed by atoms with Crippen molar-refractivity contribution in [2.45, 2.75) is 20.3 Å². The highest BCUT2D eigenvalue weighted by Gasteiger charge is 2.37. The van der Waals surface area contributed by atoms with E-state index in [-0.39, 0.29) is 18.3 Å². The number of sulfonamides is 1. The van der Waals surface area contributed by atoms with E-state index in [1.165, 1.54) is 0 Å². The number of rotatable bonds is 8. The fraction of sp³-hybridized carbons (Fsp3) is 0.348. The lowest BCUT2D eigenvalue weighted by atomic mass is 9.93. The minimum absolute atomic E-state index is 0.0742. The molecule has 3 rings (SSSR count). The second-order valence-electron chi connectivity index (χ2n) is 8.08. The largest absolute Gasteiger partial charge is 0.497 e. The molecule has 7 nitrogen and oxygen atoms in total. The van der Waals surface area contributed by atoms with Gasteiger partial charge in [-0.05, 0) is 56.2 Å². The van der Waals surface area contributed by atoms with Gasteiger partial charge in [-0.1, -0.05) is 18.2 Å². The fourth-order valence-corrected chi connectivity index (χ4v) is 4.39. The Kier molecular flexibility index (Phi) is 6.59. The zero-order valence-electron chi connectivity index (χ0n) is 18.1. The summed E-state index contributed by atoms with van der Waals surface area (Å²) in [6.45, 7) is 7.90. The number of anilines is 2. The number of carbonyl (C=O) groups excluding carboxylic acids is 1. The van der Waals surface area contributed by atoms with Crippen LogP contribution >= 0.6 is 0 Å². The van der Waals surface area contributed by atoms with Gasteiger partial charge in [0, 0.05) is 6.54 Å². The van der Waals surface area contributed by atoms with Crippen molar-refractivity contribution in [3.8, 4) is 11.5 Å². The molecule has 0 bridgehead atoms. The van der Waals surface area contributed by atoms with E-state index in [0.29, 0.717) is 30.1 Å². The number of methoxy groups -OCH3 is 1. The highest BCUT2D eigenvalue weighted by Crippen LogP contribution is 2.38. The van der Waals surface area contributed by atoms with Gasteiger partial charge in [-0.15, -0.1) is 6.58 Å². The van der Waals surface area contributed by atoms with Crippen molar-refractivity contribution in [1.82, 2.24) is 0 Å². The first-order valence-electron chi connectivity index (χ1n) is 9.98. The summed E-state index contributed by atoms with van der Waals surface area (Å²) in [5, 5.41) is 0. The van der Waals surface area contributed by atoms with Crippen LogP contribution in [0.2, 0.25) is 0 Å². The van der Waals surface area contributed by atoms with Gasteiger partial charge in [0.25, 0.3) is 0 Å². The van der Waals surface area contributed by atoms with Crippen LogP contribution in [-0.2, 0) is 21.2 Å².